The van der Waals surface area contributed by atoms with Crippen molar-refractivity contribution < 1.29 is 5.11 Å². The van der Waals surface area contributed by atoms with E-state index < -0.39 is 0 Å². The van der Waals surface area contributed by atoms with Gasteiger partial charge in [-0.25, -0.2) is 4.68 Å². The number of hydrogen-bond acceptors (Lipinski definition) is 3. The summed E-state index contributed by atoms with van der Waals surface area (Å²) in [5.41, 5.74) is 8.93. The van der Waals surface area contributed by atoms with E-state index in [2.05, 4.69) is 5.10 Å². The molecule has 1 unspecified atom stereocenters. The molecule has 4 nitrogen and oxygen atoms in total. The summed E-state index contributed by atoms with van der Waals surface area (Å²) in [6.45, 7) is 0.631. The molecule has 1 atom stereocenters. The van der Waals surface area contributed by atoms with Gasteiger partial charge < -0.3 is 10.8 Å². The summed E-state index contributed by atoms with van der Waals surface area (Å²) in [5, 5.41) is 14.2. The molecule has 3 N–H and O–H groups in total. The molecule has 1 aliphatic carbocycles. The van der Waals surface area contributed by atoms with Crippen LogP contribution in [0.3, 0.4) is 0 Å². The summed E-state index contributed by atoms with van der Waals surface area (Å²) in [6.07, 6.45) is 4.00. The monoisotopic (exact) mass is 229 g/mol. The lowest BCUT2D eigenvalue weighted by Gasteiger charge is -2.13. The zero-order chi connectivity index (χ0) is 11.8. The van der Waals surface area contributed by atoms with Crippen LogP contribution in [0.4, 0.5) is 0 Å². The lowest BCUT2D eigenvalue weighted by molar-refractivity contribution is 0.468. The molecule has 0 aliphatic heterocycles. The van der Waals surface area contributed by atoms with E-state index in [9.17, 15) is 5.11 Å². The Labute approximate surface area is 99.7 Å². The number of nitrogens with zero attached hydrogens (tertiary/aromatic N) is 2. The number of fused-ring (bicyclic) bond motifs is 1. The highest BCUT2D eigenvalue weighted by atomic mass is 16.3. The highest BCUT2D eigenvalue weighted by Crippen LogP contribution is 2.35. The molecule has 1 aromatic carbocycles. The summed E-state index contributed by atoms with van der Waals surface area (Å²) >= 11 is 0. The zero-order valence-corrected chi connectivity index (χ0v) is 9.50. The van der Waals surface area contributed by atoms with E-state index in [1.165, 1.54) is 5.56 Å². The molecule has 0 radical (unpaired) electrons. The van der Waals surface area contributed by atoms with Crippen molar-refractivity contribution in [2.45, 2.75) is 18.8 Å². The predicted octanol–water partition coefficient (Wildman–Crippen LogP) is 1.57. The van der Waals surface area contributed by atoms with Gasteiger partial charge in [-0.05, 0) is 30.5 Å². The highest BCUT2D eigenvalue weighted by molar-refractivity contribution is 5.48. The van der Waals surface area contributed by atoms with Gasteiger partial charge in [0.05, 0.1) is 11.9 Å². The van der Waals surface area contributed by atoms with Gasteiger partial charge in [-0.2, -0.15) is 5.10 Å². The molecule has 4 heteroatoms. The third-order valence-electron chi connectivity index (χ3n) is 3.43. The fourth-order valence-corrected chi connectivity index (χ4v) is 2.55. The van der Waals surface area contributed by atoms with Crippen LogP contribution in [0.1, 0.15) is 23.6 Å². The molecule has 1 heterocycles. The standard InChI is InChI=1S/C13H15N3O/c14-7-9-5-6-10-8-15-16(13(9)10)11-3-1-2-4-12(11)17/h1-4,8-9,17H,5-7,14H2. The normalized spacial score (nSPS) is 18.3. The molecule has 17 heavy (non-hydrogen) atoms. The fraction of sp³-hybridized carbons (Fsp3) is 0.308. The van der Waals surface area contributed by atoms with Gasteiger partial charge in [-0.1, -0.05) is 12.1 Å². The molecule has 0 saturated carbocycles. The first kappa shape index (κ1) is 10.4. The smallest absolute Gasteiger partial charge is 0.141 e. The summed E-state index contributed by atoms with van der Waals surface area (Å²) in [7, 11) is 0. The number of para-hydroxylation sites is 2. The molecule has 0 amide bonds. The lowest BCUT2D eigenvalue weighted by atomic mass is 10.1. The minimum Gasteiger partial charge on any atom is -0.506 e. The molecule has 0 fully saturated rings. The van der Waals surface area contributed by atoms with Gasteiger partial charge in [0.2, 0.25) is 0 Å². The molecule has 3 rings (SSSR count). The zero-order valence-electron chi connectivity index (χ0n) is 9.50. The van der Waals surface area contributed by atoms with Crippen molar-refractivity contribution in [3.63, 3.8) is 0 Å². The number of rotatable bonds is 2. The Bertz CT molecular complexity index is 547. The molecular weight excluding hydrogens is 214 g/mol. The maximum absolute atomic E-state index is 9.88. The first-order valence-electron chi connectivity index (χ1n) is 5.86. The van der Waals surface area contributed by atoms with E-state index in [1.54, 1.807) is 6.07 Å². The van der Waals surface area contributed by atoms with Gasteiger partial charge in [0.15, 0.2) is 0 Å². The van der Waals surface area contributed by atoms with Gasteiger partial charge in [0.25, 0.3) is 0 Å². The van der Waals surface area contributed by atoms with E-state index in [4.69, 9.17) is 5.73 Å². The van der Waals surface area contributed by atoms with Crippen LogP contribution in [0.2, 0.25) is 0 Å². The topological polar surface area (TPSA) is 64.1 Å². The molecule has 88 valence electrons. The average molecular weight is 229 g/mol. The minimum absolute atomic E-state index is 0.251. The number of aryl methyl sites for hydroxylation is 1. The van der Waals surface area contributed by atoms with Gasteiger partial charge in [0, 0.05) is 12.5 Å². The molecule has 0 spiro atoms. The SMILES string of the molecule is NCC1CCc2cnn(-c3ccccc3O)c21. The number of hydrogen-bond donors (Lipinski definition) is 2. The van der Waals surface area contributed by atoms with Crippen molar-refractivity contribution in [1.82, 2.24) is 9.78 Å². The van der Waals surface area contributed by atoms with Crippen molar-refractivity contribution in [3.05, 3.63) is 41.7 Å². The van der Waals surface area contributed by atoms with Crippen LogP contribution in [0.25, 0.3) is 5.69 Å². The quantitative estimate of drug-likeness (QED) is 0.821. The summed E-state index contributed by atoms with van der Waals surface area (Å²) in [6, 6.07) is 7.25. The van der Waals surface area contributed by atoms with E-state index in [0.717, 1.165) is 24.2 Å². The Balaban J connectivity index is 2.15. The number of nitrogens with two attached hydrogens (primary N) is 1. The predicted molar refractivity (Wildman–Crippen MR) is 65.3 cm³/mol. The molecule has 2 aromatic rings. The minimum atomic E-state index is 0.251. The summed E-state index contributed by atoms with van der Waals surface area (Å²) < 4.78 is 1.83. The van der Waals surface area contributed by atoms with Gasteiger partial charge in [-0.3, -0.25) is 0 Å². The second-order valence-electron chi connectivity index (χ2n) is 4.43. The number of phenols is 1. The Morgan fingerprint density at radius 3 is 3.00 bits per heavy atom. The third-order valence-corrected chi connectivity index (χ3v) is 3.43. The van der Waals surface area contributed by atoms with Crippen LogP contribution in [0, 0.1) is 0 Å². The van der Waals surface area contributed by atoms with E-state index >= 15 is 0 Å². The van der Waals surface area contributed by atoms with Crippen molar-refractivity contribution in [3.8, 4) is 11.4 Å². The molecule has 0 bridgehead atoms. The van der Waals surface area contributed by atoms with Gasteiger partial charge >= 0.3 is 0 Å². The van der Waals surface area contributed by atoms with Crippen LogP contribution >= 0.6 is 0 Å². The second-order valence-corrected chi connectivity index (χ2v) is 4.43. The molecular formula is C13H15N3O. The van der Waals surface area contributed by atoms with Crippen LogP contribution in [-0.4, -0.2) is 21.4 Å². The summed E-state index contributed by atoms with van der Waals surface area (Å²) in [5.74, 6) is 0.605. The van der Waals surface area contributed by atoms with Crippen LogP contribution in [0.15, 0.2) is 30.5 Å². The van der Waals surface area contributed by atoms with Crippen molar-refractivity contribution >= 4 is 0 Å². The molecule has 1 aliphatic rings. The maximum Gasteiger partial charge on any atom is 0.141 e. The average Bonchev–Trinajstić information content (AvgIpc) is 2.91. The van der Waals surface area contributed by atoms with Crippen molar-refractivity contribution in [2.24, 2.45) is 5.73 Å². The Morgan fingerprint density at radius 1 is 1.41 bits per heavy atom. The number of benzene rings is 1. The van der Waals surface area contributed by atoms with Gasteiger partial charge in [0.1, 0.15) is 11.4 Å². The first-order chi connectivity index (χ1) is 8.31. The second kappa shape index (κ2) is 3.89. The summed E-state index contributed by atoms with van der Waals surface area (Å²) in [4.78, 5) is 0. The van der Waals surface area contributed by atoms with E-state index in [-0.39, 0.29) is 5.75 Å². The van der Waals surface area contributed by atoms with Crippen molar-refractivity contribution in [1.29, 1.82) is 0 Å². The first-order valence-corrected chi connectivity index (χ1v) is 5.86. The molecule has 1 aromatic heterocycles. The maximum atomic E-state index is 9.88. The largest absolute Gasteiger partial charge is 0.506 e. The Kier molecular flexibility index (Phi) is 2.37. The van der Waals surface area contributed by atoms with Crippen LogP contribution in [0.5, 0.6) is 5.75 Å². The van der Waals surface area contributed by atoms with Crippen LogP contribution in [-0.2, 0) is 6.42 Å². The van der Waals surface area contributed by atoms with Gasteiger partial charge in [-0.15, -0.1) is 0 Å². The van der Waals surface area contributed by atoms with E-state index in [0.29, 0.717) is 12.5 Å². The fourth-order valence-electron chi connectivity index (χ4n) is 2.55. The Hall–Kier alpha value is -1.81. The number of aromatic hydroxyl groups is 1. The highest BCUT2D eigenvalue weighted by Gasteiger charge is 2.27. The lowest BCUT2D eigenvalue weighted by Crippen LogP contribution is -2.14. The molecule has 0 saturated heterocycles. The third kappa shape index (κ3) is 1.52. The number of aromatic nitrogens is 2. The van der Waals surface area contributed by atoms with E-state index in [1.807, 2.05) is 29.1 Å². The van der Waals surface area contributed by atoms with Crippen molar-refractivity contribution in [2.75, 3.05) is 6.54 Å². The number of phenolic OH excluding ortho intramolecular Hbond substituents is 1. The Morgan fingerprint density at radius 2 is 2.24 bits per heavy atom. The van der Waals surface area contributed by atoms with Crippen LogP contribution < -0.4 is 5.73 Å².